The van der Waals surface area contributed by atoms with Gasteiger partial charge in [0.15, 0.2) is 0 Å². The van der Waals surface area contributed by atoms with E-state index in [1.54, 1.807) is 13.1 Å². The van der Waals surface area contributed by atoms with Crippen molar-refractivity contribution >= 4 is 17.3 Å². The molecule has 0 saturated carbocycles. The van der Waals surface area contributed by atoms with Gasteiger partial charge in [-0.15, -0.1) is 0 Å². The third kappa shape index (κ3) is 2.22. The molecule has 0 fully saturated rings. The Hall–Kier alpha value is -2.11. The third-order valence-corrected chi connectivity index (χ3v) is 1.93. The molecule has 0 aromatic heterocycles. The van der Waals surface area contributed by atoms with Crippen molar-refractivity contribution in [2.75, 3.05) is 19.5 Å². The Morgan fingerprint density at radius 2 is 2.27 bits per heavy atom. The monoisotopic (exact) mass is 209 g/mol. The van der Waals surface area contributed by atoms with E-state index in [0.717, 1.165) is 0 Å². The number of anilines is 1. The largest absolute Gasteiger partial charge is 0.481 e. The van der Waals surface area contributed by atoms with Crippen LogP contribution in [0.2, 0.25) is 0 Å². The summed E-state index contributed by atoms with van der Waals surface area (Å²) in [5.41, 5.74) is 0.924. The molecule has 0 radical (unpaired) electrons. The minimum Gasteiger partial charge on any atom is -0.481 e. The molecule has 0 aliphatic rings. The molecule has 0 saturated heterocycles. The topological polar surface area (TPSA) is 88.3 Å². The summed E-state index contributed by atoms with van der Waals surface area (Å²) in [7, 11) is 3.02. The number of methoxy groups -OCH3 is 1. The number of benzene rings is 1. The molecule has 6 nitrogen and oxygen atoms in total. The van der Waals surface area contributed by atoms with E-state index in [9.17, 15) is 10.1 Å². The third-order valence-electron chi connectivity index (χ3n) is 1.93. The van der Waals surface area contributed by atoms with Crippen LogP contribution in [0.4, 0.5) is 11.4 Å². The van der Waals surface area contributed by atoms with Crippen molar-refractivity contribution in [2.24, 2.45) is 0 Å². The molecular weight excluding hydrogens is 198 g/mol. The average Bonchev–Trinajstić information content (AvgIpc) is 2.27. The van der Waals surface area contributed by atoms with Crippen molar-refractivity contribution in [1.82, 2.24) is 0 Å². The van der Waals surface area contributed by atoms with Crippen LogP contribution in [0.3, 0.4) is 0 Å². The number of hydrogen-bond acceptors (Lipinski definition) is 5. The molecule has 1 aromatic carbocycles. The lowest BCUT2D eigenvalue weighted by Crippen LogP contribution is -2.06. The van der Waals surface area contributed by atoms with Crippen LogP contribution in [-0.4, -0.2) is 25.0 Å². The number of ether oxygens (including phenoxy) is 1. The van der Waals surface area contributed by atoms with Gasteiger partial charge in [-0.2, -0.15) is 0 Å². The van der Waals surface area contributed by atoms with Crippen LogP contribution in [0.5, 0.6) is 0 Å². The standard InChI is InChI=1S/C9H11N3O3/c1-11-8-4-3-6(12(13)14)5-7(8)9(10)15-2/h3-5,10-11H,1-2H3. The fourth-order valence-electron chi connectivity index (χ4n) is 1.16. The van der Waals surface area contributed by atoms with E-state index < -0.39 is 4.92 Å². The smallest absolute Gasteiger partial charge is 0.270 e. The van der Waals surface area contributed by atoms with Gasteiger partial charge in [0.2, 0.25) is 5.90 Å². The lowest BCUT2D eigenvalue weighted by atomic mass is 10.1. The van der Waals surface area contributed by atoms with Crippen molar-refractivity contribution in [1.29, 1.82) is 5.41 Å². The zero-order valence-electron chi connectivity index (χ0n) is 8.40. The molecular formula is C9H11N3O3. The Bertz CT molecular complexity index is 404. The first-order chi connectivity index (χ1) is 7.10. The Balaban J connectivity index is 3.25. The number of rotatable bonds is 3. The molecule has 15 heavy (non-hydrogen) atoms. The lowest BCUT2D eigenvalue weighted by Gasteiger charge is -2.08. The Morgan fingerprint density at radius 3 is 2.73 bits per heavy atom. The van der Waals surface area contributed by atoms with Crippen LogP contribution in [0.25, 0.3) is 0 Å². The first kappa shape index (κ1) is 11.0. The molecule has 0 aliphatic heterocycles. The fourth-order valence-corrected chi connectivity index (χ4v) is 1.16. The highest BCUT2D eigenvalue weighted by Gasteiger charge is 2.13. The van der Waals surface area contributed by atoms with E-state index in [-0.39, 0.29) is 11.6 Å². The summed E-state index contributed by atoms with van der Waals surface area (Å²) in [6.45, 7) is 0. The van der Waals surface area contributed by atoms with Crippen molar-refractivity contribution < 1.29 is 9.66 Å². The van der Waals surface area contributed by atoms with E-state index >= 15 is 0 Å². The summed E-state index contributed by atoms with van der Waals surface area (Å²) in [6, 6.07) is 4.22. The van der Waals surface area contributed by atoms with E-state index in [4.69, 9.17) is 10.1 Å². The lowest BCUT2D eigenvalue weighted by molar-refractivity contribution is -0.384. The van der Waals surface area contributed by atoms with Gasteiger partial charge in [-0.1, -0.05) is 0 Å². The summed E-state index contributed by atoms with van der Waals surface area (Å²) in [4.78, 5) is 10.0. The molecule has 1 rings (SSSR count). The Morgan fingerprint density at radius 1 is 1.60 bits per heavy atom. The quantitative estimate of drug-likeness (QED) is 0.342. The van der Waals surface area contributed by atoms with Gasteiger partial charge in [0.25, 0.3) is 5.69 Å². The van der Waals surface area contributed by atoms with Gasteiger partial charge in [0.1, 0.15) is 0 Å². The van der Waals surface area contributed by atoms with Crippen LogP contribution in [0.1, 0.15) is 5.56 Å². The maximum atomic E-state index is 10.5. The van der Waals surface area contributed by atoms with E-state index in [2.05, 4.69) is 5.32 Å². The molecule has 0 bridgehead atoms. The molecule has 0 aliphatic carbocycles. The van der Waals surface area contributed by atoms with Gasteiger partial charge < -0.3 is 10.1 Å². The molecule has 0 heterocycles. The van der Waals surface area contributed by atoms with Gasteiger partial charge in [0, 0.05) is 24.9 Å². The summed E-state index contributed by atoms with van der Waals surface area (Å²) < 4.78 is 4.73. The zero-order chi connectivity index (χ0) is 11.4. The summed E-state index contributed by atoms with van der Waals surface area (Å²) >= 11 is 0. The molecule has 0 amide bonds. The maximum Gasteiger partial charge on any atom is 0.270 e. The van der Waals surface area contributed by atoms with Crippen molar-refractivity contribution in [3.63, 3.8) is 0 Å². The van der Waals surface area contributed by atoms with Crippen LogP contribution in [0, 0.1) is 15.5 Å². The van der Waals surface area contributed by atoms with Crippen LogP contribution in [-0.2, 0) is 4.74 Å². The zero-order valence-corrected chi connectivity index (χ0v) is 8.40. The maximum absolute atomic E-state index is 10.5. The summed E-state index contributed by atoms with van der Waals surface area (Å²) in [6.07, 6.45) is 0. The number of non-ortho nitro benzene ring substituents is 1. The molecule has 0 atom stereocenters. The van der Waals surface area contributed by atoms with Crippen molar-refractivity contribution in [3.8, 4) is 0 Å². The second kappa shape index (κ2) is 4.41. The molecule has 6 heteroatoms. The Kier molecular flexibility index (Phi) is 3.22. The summed E-state index contributed by atoms with van der Waals surface area (Å²) in [5, 5.41) is 20.8. The number of nitro benzene ring substituents is 1. The highest BCUT2D eigenvalue weighted by atomic mass is 16.6. The number of nitro groups is 1. The molecule has 1 aromatic rings. The van der Waals surface area contributed by atoms with Crippen LogP contribution >= 0.6 is 0 Å². The van der Waals surface area contributed by atoms with Gasteiger partial charge in [-0.25, -0.2) is 0 Å². The molecule has 80 valence electrons. The highest BCUT2D eigenvalue weighted by molar-refractivity contribution is 5.98. The minimum atomic E-state index is -0.508. The van der Waals surface area contributed by atoms with Gasteiger partial charge >= 0.3 is 0 Å². The van der Waals surface area contributed by atoms with E-state index in [1.807, 2.05) is 0 Å². The normalized spacial score (nSPS) is 9.47. The number of nitrogens with zero attached hydrogens (tertiary/aromatic N) is 1. The van der Waals surface area contributed by atoms with E-state index in [1.165, 1.54) is 19.2 Å². The molecule has 2 N–H and O–H groups in total. The van der Waals surface area contributed by atoms with Gasteiger partial charge in [-0.05, 0) is 6.07 Å². The van der Waals surface area contributed by atoms with Gasteiger partial charge in [-0.3, -0.25) is 15.5 Å². The first-order valence-corrected chi connectivity index (χ1v) is 4.19. The highest BCUT2D eigenvalue weighted by Crippen LogP contribution is 2.22. The average molecular weight is 209 g/mol. The van der Waals surface area contributed by atoms with Gasteiger partial charge in [0.05, 0.1) is 17.6 Å². The number of hydrogen-bond donors (Lipinski definition) is 2. The van der Waals surface area contributed by atoms with Crippen LogP contribution in [0.15, 0.2) is 18.2 Å². The summed E-state index contributed by atoms with van der Waals surface area (Å²) in [5.74, 6) is -0.108. The number of nitrogens with one attached hydrogen (secondary N) is 2. The first-order valence-electron chi connectivity index (χ1n) is 4.19. The second-order valence-corrected chi connectivity index (χ2v) is 2.77. The second-order valence-electron chi connectivity index (χ2n) is 2.77. The van der Waals surface area contributed by atoms with Crippen molar-refractivity contribution in [3.05, 3.63) is 33.9 Å². The van der Waals surface area contributed by atoms with E-state index in [0.29, 0.717) is 11.3 Å². The Labute approximate surface area is 86.5 Å². The van der Waals surface area contributed by atoms with Crippen LogP contribution < -0.4 is 5.32 Å². The molecule has 0 spiro atoms. The molecule has 0 unspecified atom stereocenters. The van der Waals surface area contributed by atoms with Crippen molar-refractivity contribution in [2.45, 2.75) is 0 Å². The SMILES string of the molecule is CNc1ccc([N+](=O)[O-])cc1C(=N)OC. The predicted molar refractivity (Wildman–Crippen MR) is 56.5 cm³/mol. The minimum absolute atomic E-state index is 0.0641. The fraction of sp³-hybridized carbons (Fsp3) is 0.222. The predicted octanol–water partition coefficient (Wildman–Crippen LogP) is 1.61.